The molecule has 0 aliphatic rings. The smallest absolute Gasteiger partial charge is 0.352 e. The van der Waals surface area contributed by atoms with E-state index < -0.39 is 11.7 Å². The molecule has 2 aromatic rings. The molecule has 0 bridgehead atoms. The molecule has 1 aromatic heterocycles. The number of thiazole rings is 1. The summed E-state index contributed by atoms with van der Waals surface area (Å²) in [5, 5.41) is 9.09. The van der Waals surface area contributed by atoms with Crippen molar-refractivity contribution in [3.8, 4) is 0 Å². The Labute approximate surface area is 149 Å². The van der Waals surface area contributed by atoms with Crippen LogP contribution in [0.25, 0.3) is 0 Å². The Hall–Kier alpha value is -2.09. The second-order valence-electron chi connectivity index (χ2n) is 5.80. The molecule has 0 saturated carbocycles. The van der Waals surface area contributed by atoms with Crippen LogP contribution in [0.3, 0.4) is 0 Å². The van der Waals surface area contributed by atoms with Gasteiger partial charge in [-0.25, -0.2) is 4.98 Å². The average molecular weight is 370 g/mol. The molecule has 25 heavy (non-hydrogen) atoms. The summed E-state index contributed by atoms with van der Waals surface area (Å²) in [7, 11) is 1.61. The summed E-state index contributed by atoms with van der Waals surface area (Å²) in [6.45, 7) is 4.93. The van der Waals surface area contributed by atoms with Gasteiger partial charge < -0.3 is 10.6 Å². The lowest BCUT2D eigenvalue weighted by Crippen LogP contribution is -2.36. The van der Waals surface area contributed by atoms with E-state index in [1.165, 1.54) is 6.07 Å². The lowest BCUT2D eigenvalue weighted by molar-refractivity contribution is -0.137. The number of aliphatic imine (C=N–C) groups is 1. The zero-order chi connectivity index (χ0) is 18.4. The van der Waals surface area contributed by atoms with E-state index in [1.807, 2.05) is 5.38 Å². The summed E-state index contributed by atoms with van der Waals surface area (Å²) < 4.78 is 38.2. The van der Waals surface area contributed by atoms with Gasteiger partial charge in [0, 0.05) is 19.0 Å². The third-order valence-electron chi connectivity index (χ3n) is 3.51. The van der Waals surface area contributed by atoms with Crippen LogP contribution in [0.1, 0.15) is 41.6 Å². The Kier molecular flexibility index (Phi) is 6.41. The van der Waals surface area contributed by atoms with E-state index >= 15 is 0 Å². The topological polar surface area (TPSA) is 49.3 Å². The molecule has 8 heteroatoms. The standard InChI is InChI=1S/C17H21F3N4S/c1-11(2)14-10-25-15(24-14)9-23-16(21-3)22-8-12-5-4-6-13(7-12)17(18,19)20/h4-7,10-11H,8-9H2,1-3H3,(H2,21,22,23). The molecule has 0 atom stereocenters. The van der Waals surface area contributed by atoms with Crippen molar-refractivity contribution >= 4 is 17.3 Å². The minimum absolute atomic E-state index is 0.249. The first-order chi connectivity index (χ1) is 11.8. The fraction of sp³-hybridized carbons (Fsp3) is 0.412. The maximum absolute atomic E-state index is 12.7. The third-order valence-corrected chi connectivity index (χ3v) is 4.37. The highest BCUT2D eigenvalue weighted by atomic mass is 32.1. The number of aromatic nitrogens is 1. The summed E-state index contributed by atoms with van der Waals surface area (Å²) in [5.74, 6) is 0.891. The van der Waals surface area contributed by atoms with Gasteiger partial charge in [-0.3, -0.25) is 4.99 Å². The van der Waals surface area contributed by atoms with Crippen LogP contribution in [0.5, 0.6) is 0 Å². The van der Waals surface area contributed by atoms with Crippen LogP contribution in [-0.4, -0.2) is 18.0 Å². The highest BCUT2D eigenvalue weighted by Crippen LogP contribution is 2.29. The number of halogens is 3. The molecule has 0 unspecified atom stereocenters. The van der Waals surface area contributed by atoms with Crippen molar-refractivity contribution in [2.45, 2.75) is 39.0 Å². The van der Waals surface area contributed by atoms with E-state index in [0.29, 0.717) is 24.0 Å². The Bertz CT molecular complexity index is 723. The van der Waals surface area contributed by atoms with Crippen molar-refractivity contribution in [3.05, 3.63) is 51.5 Å². The van der Waals surface area contributed by atoms with Crippen molar-refractivity contribution in [3.63, 3.8) is 0 Å². The fourth-order valence-electron chi connectivity index (χ4n) is 2.09. The summed E-state index contributed by atoms with van der Waals surface area (Å²) in [6.07, 6.45) is -4.34. The molecular weight excluding hydrogens is 349 g/mol. The first-order valence-corrected chi connectivity index (χ1v) is 8.72. The van der Waals surface area contributed by atoms with Crippen LogP contribution in [0, 0.1) is 0 Å². The van der Waals surface area contributed by atoms with Gasteiger partial charge in [-0.1, -0.05) is 26.0 Å². The van der Waals surface area contributed by atoms with Gasteiger partial charge in [0.25, 0.3) is 0 Å². The third kappa shape index (κ3) is 5.74. The van der Waals surface area contributed by atoms with Crippen molar-refractivity contribution in [1.29, 1.82) is 0 Å². The second kappa shape index (κ2) is 8.33. The van der Waals surface area contributed by atoms with Crippen molar-refractivity contribution in [1.82, 2.24) is 15.6 Å². The summed E-state index contributed by atoms with van der Waals surface area (Å²) in [6, 6.07) is 5.24. The van der Waals surface area contributed by atoms with Crippen LogP contribution in [-0.2, 0) is 19.3 Å². The van der Waals surface area contributed by atoms with Gasteiger partial charge >= 0.3 is 6.18 Å². The average Bonchev–Trinajstić information content (AvgIpc) is 3.04. The Morgan fingerprint density at radius 1 is 1.24 bits per heavy atom. The number of nitrogens with zero attached hydrogens (tertiary/aromatic N) is 2. The van der Waals surface area contributed by atoms with Crippen molar-refractivity contribution < 1.29 is 13.2 Å². The summed E-state index contributed by atoms with van der Waals surface area (Å²) in [5.41, 5.74) is 0.932. The Balaban J connectivity index is 1.90. The van der Waals surface area contributed by atoms with E-state index in [4.69, 9.17) is 0 Å². The van der Waals surface area contributed by atoms with E-state index in [-0.39, 0.29) is 6.54 Å². The first kappa shape index (κ1) is 19.2. The molecule has 2 rings (SSSR count). The van der Waals surface area contributed by atoms with Gasteiger partial charge in [0.1, 0.15) is 5.01 Å². The second-order valence-corrected chi connectivity index (χ2v) is 6.74. The largest absolute Gasteiger partial charge is 0.416 e. The minimum Gasteiger partial charge on any atom is -0.352 e. The maximum Gasteiger partial charge on any atom is 0.416 e. The number of hydrogen-bond acceptors (Lipinski definition) is 3. The molecule has 0 spiro atoms. The fourth-order valence-corrected chi connectivity index (χ4v) is 2.99. The number of nitrogens with one attached hydrogen (secondary N) is 2. The lowest BCUT2D eigenvalue weighted by Gasteiger charge is -2.12. The van der Waals surface area contributed by atoms with Gasteiger partial charge in [0.05, 0.1) is 17.8 Å². The molecule has 1 aromatic carbocycles. The minimum atomic E-state index is -4.34. The molecule has 0 radical (unpaired) electrons. The van der Waals surface area contributed by atoms with E-state index in [1.54, 1.807) is 24.5 Å². The van der Waals surface area contributed by atoms with Gasteiger partial charge in [-0.05, 0) is 23.6 Å². The van der Waals surface area contributed by atoms with Gasteiger partial charge in [0.2, 0.25) is 0 Å². The molecule has 0 amide bonds. The zero-order valence-electron chi connectivity index (χ0n) is 14.3. The van der Waals surface area contributed by atoms with Gasteiger partial charge in [0.15, 0.2) is 5.96 Å². The number of benzene rings is 1. The number of hydrogen-bond donors (Lipinski definition) is 2. The van der Waals surface area contributed by atoms with Crippen molar-refractivity contribution in [2.75, 3.05) is 7.05 Å². The lowest BCUT2D eigenvalue weighted by atomic mass is 10.1. The van der Waals surface area contributed by atoms with Gasteiger partial charge in [-0.2, -0.15) is 13.2 Å². The quantitative estimate of drug-likeness (QED) is 0.614. The van der Waals surface area contributed by atoms with Crippen LogP contribution in [0.4, 0.5) is 13.2 Å². The Morgan fingerprint density at radius 2 is 1.96 bits per heavy atom. The van der Waals surface area contributed by atoms with E-state index in [0.717, 1.165) is 22.8 Å². The van der Waals surface area contributed by atoms with Crippen molar-refractivity contribution in [2.24, 2.45) is 4.99 Å². The highest BCUT2D eigenvalue weighted by molar-refractivity contribution is 7.09. The van der Waals surface area contributed by atoms with E-state index in [9.17, 15) is 13.2 Å². The normalized spacial score (nSPS) is 12.5. The molecule has 0 aliphatic heterocycles. The SMILES string of the molecule is CN=C(NCc1cccc(C(F)(F)F)c1)NCc1nc(C(C)C)cs1. The molecule has 4 nitrogen and oxygen atoms in total. The molecular formula is C17H21F3N4S. The molecule has 1 heterocycles. The van der Waals surface area contributed by atoms with E-state index in [2.05, 4.69) is 34.5 Å². The predicted octanol–water partition coefficient (Wildman–Crippen LogP) is 4.15. The molecule has 0 fully saturated rings. The number of alkyl halides is 3. The van der Waals surface area contributed by atoms with Crippen LogP contribution < -0.4 is 10.6 Å². The van der Waals surface area contributed by atoms with Gasteiger partial charge in [-0.15, -0.1) is 11.3 Å². The number of guanidine groups is 1. The van der Waals surface area contributed by atoms with Crippen LogP contribution in [0.2, 0.25) is 0 Å². The monoisotopic (exact) mass is 370 g/mol. The molecule has 2 N–H and O–H groups in total. The maximum atomic E-state index is 12.7. The molecule has 136 valence electrons. The molecule has 0 aliphatic carbocycles. The highest BCUT2D eigenvalue weighted by Gasteiger charge is 2.30. The first-order valence-electron chi connectivity index (χ1n) is 7.84. The summed E-state index contributed by atoms with van der Waals surface area (Å²) in [4.78, 5) is 8.60. The predicted molar refractivity (Wildman–Crippen MR) is 94.7 cm³/mol. The summed E-state index contributed by atoms with van der Waals surface area (Å²) >= 11 is 1.57. The Morgan fingerprint density at radius 3 is 2.56 bits per heavy atom. The number of rotatable bonds is 5. The molecule has 0 saturated heterocycles. The van der Waals surface area contributed by atoms with Crippen LogP contribution >= 0.6 is 11.3 Å². The zero-order valence-corrected chi connectivity index (χ0v) is 15.1. The van der Waals surface area contributed by atoms with Crippen LogP contribution in [0.15, 0.2) is 34.6 Å².